The number of carbonyl (C=O) groups excluding carboxylic acids is 2. The summed E-state index contributed by atoms with van der Waals surface area (Å²) < 4.78 is 5.29. The van der Waals surface area contributed by atoms with Crippen LogP contribution in [0.4, 0.5) is 0 Å². The Kier molecular flexibility index (Phi) is 4.49. The Hall–Kier alpha value is -1.12. The van der Waals surface area contributed by atoms with Gasteiger partial charge in [-0.2, -0.15) is 0 Å². The molecule has 3 nitrogen and oxygen atoms in total. The topological polar surface area (TPSA) is 43.4 Å². The van der Waals surface area contributed by atoms with Crippen LogP contribution in [-0.4, -0.2) is 17.9 Å². The lowest BCUT2D eigenvalue weighted by Crippen LogP contribution is -2.25. The summed E-state index contributed by atoms with van der Waals surface area (Å²) in [5, 5.41) is 0. The SMILES string of the molecule is C=C1C(CC=O)CCC1CC(=O)OC(C)(C)C. The van der Waals surface area contributed by atoms with Crippen molar-refractivity contribution in [3.8, 4) is 0 Å². The van der Waals surface area contributed by atoms with E-state index in [9.17, 15) is 9.59 Å². The van der Waals surface area contributed by atoms with Gasteiger partial charge in [0.25, 0.3) is 0 Å². The molecule has 0 aromatic heterocycles. The van der Waals surface area contributed by atoms with E-state index >= 15 is 0 Å². The highest BCUT2D eigenvalue weighted by atomic mass is 16.6. The van der Waals surface area contributed by atoms with Gasteiger partial charge in [-0.05, 0) is 45.4 Å². The molecule has 1 saturated carbocycles. The lowest BCUT2D eigenvalue weighted by Gasteiger charge is -2.21. The average molecular weight is 238 g/mol. The Balaban J connectivity index is 2.46. The van der Waals surface area contributed by atoms with E-state index in [-0.39, 0.29) is 17.8 Å². The summed E-state index contributed by atoms with van der Waals surface area (Å²) in [7, 11) is 0. The molecule has 2 atom stereocenters. The smallest absolute Gasteiger partial charge is 0.306 e. The highest BCUT2D eigenvalue weighted by Crippen LogP contribution is 2.39. The van der Waals surface area contributed by atoms with Gasteiger partial charge in [0.2, 0.25) is 0 Å². The van der Waals surface area contributed by atoms with Crippen LogP contribution in [0, 0.1) is 11.8 Å². The lowest BCUT2D eigenvalue weighted by atomic mass is 9.94. The summed E-state index contributed by atoms with van der Waals surface area (Å²) >= 11 is 0. The molecule has 96 valence electrons. The first-order valence-corrected chi connectivity index (χ1v) is 6.17. The molecule has 0 aromatic carbocycles. The van der Waals surface area contributed by atoms with Crippen molar-refractivity contribution in [3.05, 3.63) is 12.2 Å². The predicted molar refractivity (Wildman–Crippen MR) is 66.5 cm³/mol. The van der Waals surface area contributed by atoms with Crippen molar-refractivity contribution in [2.24, 2.45) is 11.8 Å². The number of hydrogen-bond acceptors (Lipinski definition) is 3. The first-order valence-electron chi connectivity index (χ1n) is 6.17. The summed E-state index contributed by atoms with van der Waals surface area (Å²) in [6, 6.07) is 0. The molecule has 0 aliphatic heterocycles. The van der Waals surface area contributed by atoms with E-state index in [0.29, 0.717) is 12.8 Å². The van der Waals surface area contributed by atoms with E-state index in [1.54, 1.807) is 0 Å². The van der Waals surface area contributed by atoms with Crippen LogP contribution in [0.2, 0.25) is 0 Å². The molecule has 0 bridgehead atoms. The first-order chi connectivity index (χ1) is 7.83. The molecule has 0 radical (unpaired) electrons. The number of carbonyl (C=O) groups is 2. The molecule has 0 N–H and O–H groups in total. The predicted octanol–water partition coefficient (Wildman–Crippen LogP) is 2.89. The van der Waals surface area contributed by atoms with Gasteiger partial charge in [0.15, 0.2) is 0 Å². The summed E-state index contributed by atoms with van der Waals surface area (Å²) in [5.74, 6) is 0.283. The third kappa shape index (κ3) is 4.33. The molecule has 0 heterocycles. The monoisotopic (exact) mass is 238 g/mol. The van der Waals surface area contributed by atoms with E-state index < -0.39 is 5.60 Å². The molecular weight excluding hydrogens is 216 g/mol. The van der Waals surface area contributed by atoms with Crippen LogP contribution in [0.1, 0.15) is 46.5 Å². The van der Waals surface area contributed by atoms with E-state index in [2.05, 4.69) is 6.58 Å². The van der Waals surface area contributed by atoms with Crippen molar-refractivity contribution >= 4 is 12.3 Å². The van der Waals surface area contributed by atoms with Gasteiger partial charge in [-0.1, -0.05) is 12.2 Å². The van der Waals surface area contributed by atoms with Crippen LogP contribution in [-0.2, 0) is 14.3 Å². The molecule has 2 unspecified atom stereocenters. The molecule has 0 spiro atoms. The zero-order valence-corrected chi connectivity index (χ0v) is 11.0. The minimum Gasteiger partial charge on any atom is -0.460 e. The number of allylic oxidation sites excluding steroid dienone is 1. The second kappa shape index (κ2) is 5.48. The Morgan fingerprint density at radius 1 is 1.41 bits per heavy atom. The maximum atomic E-state index is 11.7. The summed E-state index contributed by atoms with van der Waals surface area (Å²) in [4.78, 5) is 22.2. The number of hydrogen-bond donors (Lipinski definition) is 0. The molecule has 1 fully saturated rings. The minimum absolute atomic E-state index is 0.171. The molecule has 0 amide bonds. The largest absolute Gasteiger partial charge is 0.460 e. The van der Waals surface area contributed by atoms with Crippen LogP contribution in [0.15, 0.2) is 12.2 Å². The van der Waals surface area contributed by atoms with Crippen LogP contribution in [0.5, 0.6) is 0 Å². The Labute approximate surface area is 103 Å². The fourth-order valence-electron chi connectivity index (χ4n) is 2.31. The van der Waals surface area contributed by atoms with Gasteiger partial charge in [0.1, 0.15) is 11.9 Å². The first kappa shape index (κ1) is 13.9. The van der Waals surface area contributed by atoms with Crippen molar-refractivity contribution in [2.45, 2.75) is 52.1 Å². The Morgan fingerprint density at radius 2 is 2.00 bits per heavy atom. The Bertz CT molecular complexity index is 312. The molecule has 1 aliphatic rings. The van der Waals surface area contributed by atoms with Crippen LogP contribution in [0.3, 0.4) is 0 Å². The third-order valence-corrected chi connectivity index (χ3v) is 3.13. The van der Waals surface area contributed by atoms with Gasteiger partial charge in [0.05, 0.1) is 6.42 Å². The van der Waals surface area contributed by atoms with Crippen molar-refractivity contribution in [1.82, 2.24) is 0 Å². The Morgan fingerprint density at radius 3 is 2.53 bits per heavy atom. The third-order valence-electron chi connectivity index (χ3n) is 3.13. The van der Waals surface area contributed by atoms with Gasteiger partial charge < -0.3 is 9.53 Å². The van der Waals surface area contributed by atoms with Gasteiger partial charge in [-0.15, -0.1) is 0 Å². The molecule has 0 saturated heterocycles. The highest BCUT2D eigenvalue weighted by Gasteiger charge is 2.31. The van der Waals surface area contributed by atoms with Crippen molar-refractivity contribution in [2.75, 3.05) is 0 Å². The fourth-order valence-corrected chi connectivity index (χ4v) is 2.31. The van der Waals surface area contributed by atoms with Gasteiger partial charge in [-0.3, -0.25) is 4.79 Å². The summed E-state index contributed by atoms with van der Waals surface area (Å²) in [6.45, 7) is 9.61. The van der Waals surface area contributed by atoms with Crippen LogP contribution >= 0.6 is 0 Å². The van der Waals surface area contributed by atoms with Crippen molar-refractivity contribution in [1.29, 1.82) is 0 Å². The number of ether oxygens (including phenoxy) is 1. The van der Waals surface area contributed by atoms with Gasteiger partial charge in [0, 0.05) is 6.42 Å². The van der Waals surface area contributed by atoms with E-state index in [1.165, 1.54) is 0 Å². The quantitative estimate of drug-likeness (QED) is 0.429. The van der Waals surface area contributed by atoms with Crippen LogP contribution < -0.4 is 0 Å². The van der Waals surface area contributed by atoms with E-state index in [0.717, 1.165) is 24.7 Å². The minimum atomic E-state index is -0.431. The zero-order chi connectivity index (χ0) is 13.1. The molecule has 1 aliphatic carbocycles. The average Bonchev–Trinajstić information content (AvgIpc) is 2.47. The second-order valence-electron chi connectivity index (χ2n) is 5.74. The van der Waals surface area contributed by atoms with Gasteiger partial charge >= 0.3 is 5.97 Å². The maximum absolute atomic E-state index is 11.7. The molecule has 3 heteroatoms. The fraction of sp³-hybridized carbons (Fsp3) is 0.714. The van der Waals surface area contributed by atoms with E-state index in [4.69, 9.17) is 4.74 Å². The molecule has 0 aromatic rings. The summed E-state index contributed by atoms with van der Waals surface area (Å²) in [6.07, 6.45) is 3.77. The summed E-state index contributed by atoms with van der Waals surface area (Å²) in [5.41, 5.74) is 0.613. The van der Waals surface area contributed by atoms with E-state index in [1.807, 2.05) is 20.8 Å². The lowest BCUT2D eigenvalue weighted by molar-refractivity contribution is -0.155. The number of aldehydes is 1. The molecule has 17 heavy (non-hydrogen) atoms. The molecular formula is C14H22O3. The standard InChI is InChI=1S/C14H22O3/c1-10-11(7-8-15)5-6-12(10)9-13(16)17-14(2,3)4/h8,11-12H,1,5-7,9H2,2-4H3. The number of esters is 1. The van der Waals surface area contributed by atoms with Crippen LogP contribution in [0.25, 0.3) is 0 Å². The van der Waals surface area contributed by atoms with Crippen molar-refractivity contribution in [3.63, 3.8) is 0 Å². The van der Waals surface area contributed by atoms with Crippen molar-refractivity contribution < 1.29 is 14.3 Å². The normalized spacial score (nSPS) is 24.8. The zero-order valence-electron chi connectivity index (χ0n) is 11.0. The number of rotatable bonds is 4. The second-order valence-corrected chi connectivity index (χ2v) is 5.74. The highest BCUT2D eigenvalue weighted by molar-refractivity contribution is 5.70. The molecule has 1 rings (SSSR count). The maximum Gasteiger partial charge on any atom is 0.306 e. The van der Waals surface area contributed by atoms with Gasteiger partial charge in [-0.25, -0.2) is 0 Å².